The van der Waals surface area contributed by atoms with Gasteiger partial charge in [0.05, 0.1) is 22.8 Å². The molecule has 2 amide bonds. The number of thiophene rings is 1. The summed E-state index contributed by atoms with van der Waals surface area (Å²) in [7, 11) is 0. The molecule has 1 aliphatic rings. The number of carbonyl (C=O) groups is 3. The molecule has 1 aromatic carbocycles. The van der Waals surface area contributed by atoms with Crippen LogP contribution in [-0.2, 0) is 22.4 Å². The smallest absolute Gasteiger partial charge is 0.338 e. The van der Waals surface area contributed by atoms with Crippen LogP contribution in [0.15, 0.2) is 24.3 Å². The number of nitrogens with two attached hydrogens (primary N) is 1. The van der Waals surface area contributed by atoms with E-state index in [0.717, 1.165) is 29.7 Å². The van der Waals surface area contributed by atoms with Crippen molar-refractivity contribution < 1.29 is 19.1 Å². The van der Waals surface area contributed by atoms with Crippen molar-refractivity contribution in [1.29, 1.82) is 5.26 Å². The molecule has 0 fully saturated rings. The molecule has 1 atom stereocenters. The number of anilines is 1. The number of aryl methyl sites for hydroxylation is 1. The first-order chi connectivity index (χ1) is 12.9. The van der Waals surface area contributed by atoms with Crippen molar-refractivity contribution in [3.63, 3.8) is 0 Å². The Morgan fingerprint density at radius 2 is 2.11 bits per heavy atom. The monoisotopic (exact) mass is 383 g/mol. The zero-order chi connectivity index (χ0) is 19.6. The summed E-state index contributed by atoms with van der Waals surface area (Å²) in [4.78, 5) is 37.4. The van der Waals surface area contributed by atoms with Crippen LogP contribution < -0.4 is 11.1 Å². The van der Waals surface area contributed by atoms with E-state index < -0.39 is 23.9 Å². The van der Waals surface area contributed by atoms with E-state index in [1.54, 1.807) is 12.1 Å². The van der Waals surface area contributed by atoms with Crippen molar-refractivity contribution in [2.24, 2.45) is 5.73 Å². The third-order valence-corrected chi connectivity index (χ3v) is 5.49. The fourth-order valence-corrected chi connectivity index (χ4v) is 4.26. The van der Waals surface area contributed by atoms with Gasteiger partial charge in [-0.25, -0.2) is 4.79 Å². The molecular weight excluding hydrogens is 366 g/mol. The quantitative estimate of drug-likeness (QED) is 0.768. The Hall–Kier alpha value is -3.18. The summed E-state index contributed by atoms with van der Waals surface area (Å²) < 4.78 is 5.18. The van der Waals surface area contributed by atoms with Crippen molar-refractivity contribution in [2.75, 3.05) is 5.32 Å². The predicted octanol–water partition coefficient (Wildman–Crippen LogP) is 2.39. The Morgan fingerprint density at radius 3 is 2.81 bits per heavy atom. The van der Waals surface area contributed by atoms with Crippen LogP contribution in [0.5, 0.6) is 0 Å². The molecule has 0 saturated heterocycles. The highest BCUT2D eigenvalue weighted by Crippen LogP contribution is 2.38. The lowest BCUT2D eigenvalue weighted by molar-refractivity contribution is -0.123. The Bertz CT molecular complexity index is 974. The molecule has 8 heteroatoms. The first kappa shape index (κ1) is 18.6. The number of fused-ring (bicyclic) bond motifs is 1. The molecule has 2 aromatic rings. The number of ether oxygens (including phenoxy) is 1. The van der Waals surface area contributed by atoms with Gasteiger partial charge in [-0.05, 0) is 49.9 Å². The fourth-order valence-electron chi connectivity index (χ4n) is 2.96. The average Bonchev–Trinajstić information content (AvgIpc) is 3.21. The summed E-state index contributed by atoms with van der Waals surface area (Å²) in [5.41, 5.74) is 7.23. The van der Waals surface area contributed by atoms with Crippen LogP contribution in [0.2, 0.25) is 0 Å². The Labute approximate surface area is 159 Å². The van der Waals surface area contributed by atoms with Crippen LogP contribution in [0.1, 0.15) is 50.1 Å². The van der Waals surface area contributed by atoms with Gasteiger partial charge in [0.25, 0.3) is 11.8 Å². The van der Waals surface area contributed by atoms with Gasteiger partial charge in [-0.15, -0.1) is 11.3 Å². The third-order valence-electron chi connectivity index (χ3n) is 4.28. The molecule has 0 bridgehead atoms. The minimum atomic E-state index is -1.08. The standard InChI is InChI=1S/C19H17N3O4S/c1-10(26-19(25)12-5-2-4-11(8-12)9-20)17(24)22-18-15(16(21)23)13-6-3-7-14(13)27-18/h2,4-5,8,10H,3,6-7H2,1H3,(H2,21,23)(H,22,24)/t10-/m1/s1. The second kappa shape index (κ2) is 7.60. The van der Waals surface area contributed by atoms with Crippen LogP contribution in [-0.4, -0.2) is 23.9 Å². The number of esters is 1. The van der Waals surface area contributed by atoms with Gasteiger partial charge < -0.3 is 15.8 Å². The summed E-state index contributed by atoms with van der Waals surface area (Å²) in [5.74, 6) is -1.84. The van der Waals surface area contributed by atoms with Crippen LogP contribution in [0.25, 0.3) is 0 Å². The highest BCUT2D eigenvalue weighted by molar-refractivity contribution is 7.17. The number of amides is 2. The molecule has 0 spiro atoms. The highest BCUT2D eigenvalue weighted by atomic mass is 32.1. The lowest BCUT2D eigenvalue weighted by Gasteiger charge is -2.13. The molecule has 0 unspecified atom stereocenters. The molecule has 0 aliphatic heterocycles. The van der Waals surface area contributed by atoms with Crippen molar-refractivity contribution >= 4 is 34.1 Å². The number of hydrogen-bond donors (Lipinski definition) is 2. The molecule has 0 radical (unpaired) electrons. The van der Waals surface area contributed by atoms with Gasteiger partial charge in [0.2, 0.25) is 0 Å². The van der Waals surface area contributed by atoms with E-state index in [0.29, 0.717) is 16.1 Å². The van der Waals surface area contributed by atoms with E-state index in [2.05, 4.69) is 5.32 Å². The average molecular weight is 383 g/mol. The number of rotatable bonds is 5. The minimum absolute atomic E-state index is 0.182. The maximum Gasteiger partial charge on any atom is 0.338 e. The summed E-state index contributed by atoms with van der Waals surface area (Å²) in [6.07, 6.45) is 1.50. The molecule has 3 N–H and O–H groups in total. The van der Waals surface area contributed by atoms with Crippen molar-refractivity contribution in [3.8, 4) is 6.07 Å². The van der Waals surface area contributed by atoms with Gasteiger partial charge in [0, 0.05) is 4.88 Å². The Balaban J connectivity index is 1.71. The Kier molecular flexibility index (Phi) is 5.23. The SMILES string of the molecule is C[C@@H](OC(=O)c1cccc(C#N)c1)C(=O)Nc1sc2c(c1C(N)=O)CCC2. The minimum Gasteiger partial charge on any atom is -0.449 e. The second-order valence-corrected chi connectivity index (χ2v) is 7.26. The van der Waals surface area contributed by atoms with Gasteiger partial charge in [-0.2, -0.15) is 5.26 Å². The number of primary amides is 1. The van der Waals surface area contributed by atoms with Crippen molar-refractivity contribution in [1.82, 2.24) is 0 Å². The van der Waals surface area contributed by atoms with E-state index in [4.69, 9.17) is 15.7 Å². The Morgan fingerprint density at radius 1 is 1.33 bits per heavy atom. The molecule has 138 valence electrons. The highest BCUT2D eigenvalue weighted by Gasteiger charge is 2.28. The van der Waals surface area contributed by atoms with Gasteiger partial charge in [-0.3, -0.25) is 9.59 Å². The molecule has 27 heavy (non-hydrogen) atoms. The zero-order valence-corrected chi connectivity index (χ0v) is 15.4. The lowest BCUT2D eigenvalue weighted by atomic mass is 10.1. The molecule has 7 nitrogen and oxygen atoms in total. The first-order valence-corrected chi connectivity index (χ1v) is 9.18. The molecule has 1 aromatic heterocycles. The van der Waals surface area contributed by atoms with E-state index >= 15 is 0 Å². The summed E-state index contributed by atoms with van der Waals surface area (Å²) in [6.45, 7) is 1.44. The van der Waals surface area contributed by atoms with E-state index in [9.17, 15) is 14.4 Å². The van der Waals surface area contributed by atoms with Crippen LogP contribution in [0, 0.1) is 11.3 Å². The normalized spacial score (nSPS) is 13.3. The van der Waals surface area contributed by atoms with Crippen LogP contribution in [0.3, 0.4) is 0 Å². The predicted molar refractivity (Wildman–Crippen MR) is 99.5 cm³/mol. The van der Waals surface area contributed by atoms with Crippen molar-refractivity contribution in [2.45, 2.75) is 32.3 Å². The summed E-state index contributed by atoms with van der Waals surface area (Å²) in [5, 5.41) is 11.9. The molecule has 0 saturated carbocycles. The fraction of sp³-hybridized carbons (Fsp3) is 0.263. The number of benzene rings is 1. The molecule has 1 aliphatic carbocycles. The molecule has 3 rings (SSSR count). The number of nitriles is 1. The maximum absolute atomic E-state index is 12.4. The first-order valence-electron chi connectivity index (χ1n) is 8.37. The van der Waals surface area contributed by atoms with E-state index in [1.165, 1.54) is 30.4 Å². The second-order valence-electron chi connectivity index (χ2n) is 6.16. The molecule has 1 heterocycles. The van der Waals surface area contributed by atoms with Crippen LogP contribution >= 0.6 is 11.3 Å². The largest absolute Gasteiger partial charge is 0.449 e. The number of carbonyl (C=O) groups excluding carboxylic acids is 3. The summed E-state index contributed by atoms with van der Waals surface area (Å²) >= 11 is 1.33. The van der Waals surface area contributed by atoms with E-state index in [-0.39, 0.29) is 5.56 Å². The van der Waals surface area contributed by atoms with Crippen LogP contribution in [0.4, 0.5) is 5.00 Å². The maximum atomic E-state index is 12.4. The van der Waals surface area contributed by atoms with Gasteiger partial charge in [-0.1, -0.05) is 6.07 Å². The zero-order valence-electron chi connectivity index (χ0n) is 14.6. The van der Waals surface area contributed by atoms with Crippen molar-refractivity contribution in [3.05, 3.63) is 51.4 Å². The molecular formula is C19H17N3O4S. The van der Waals surface area contributed by atoms with Gasteiger partial charge >= 0.3 is 5.97 Å². The topological polar surface area (TPSA) is 122 Å². The number of hydrogen-bond acceptors (Lipinski definition) is 6. The van der Waals surface area contributed by atoms with Gasteiger partial charge in [0.15, 0.2) is 6.10 Å². The number of nitrogens with one attached hydrogen (secondary N) is 1. The number of nitrogens with zero attached hydrogens (tertiary/aromatic N) is 1. The van der Waals surface area contributed by atoms with E-state index in [1.807, 2.05) is 6.07 Å². The van der Waals surface area contributed by atoms with Gasteiger partial charge in [0.1, 0.15) is 5.00 Å². The lowest BCUT2D eigenvalue weighted by Crippen LogP contribution is -2.30. The summed E-state index contributed by atoms with van der Waals surface area (Å²) in [6, 6.07) is 7.96. The third kappa shape index (κ3) is 3.83.